The summed E-state index contributed by atoms with van der Waals surface area (Å²) in [6.07, 6.45) is 0. The van der Waals surface area contributed by atoms with Gasteiger partial charge in [0.1, 0.15) is 11.5 Å². The van der Waals surface area contributed by atoms with E-state index in [2.05, 4.69) is 10.3 Å². The van der Waals surface area contributed by atoms with Crippen molar-refractivity contribution in [2.24, 2.45) is 0 Å². The van der Waals surface area contributed by atoms with Crippen LogP contribution >= 0.6 is 11.6 Å². The summed E-state index contributed by atoms with van der Waals surface area (Å²) in [6.45, 7) is 2.30. The molecule has 1 aliphatic heterocycles. The average molecular weight is 415 g/mol. The maximum Gasteiger partial charge on any atom is 0.270 e. The number of halogens is 2. The van der Waals surface area contributed by atoms with E-state index in [1.807, 2.05) is 35.2 Å². The van der Waals surface area contributed by atoms with E-state index < -0.39 is 5.82 Å². The Hall–Kier alpha value is -2.90. The number of benzene rings is 2. The number of nitrogens with zero attached hydrogens (tertiary/aromatic N) is 2. The van der Waals surface area contributed by atoms with Gasteiger partial charge in [-0.15, -0.1) is 0 Å². The largest absolute Gasteiger partial charge is 0.351 e. The van der Waals surface area contributed by atoms with Crippen molar-refractivity contribution >= 4 is 40.0 Å². The Labute approximate surface area is 172 Å². The van der Waals surface area contributed by atoms with E-state index >= 15 is 0 Å². The Bertz CT molecular complexity index is 1030. The third-order valence-corrected chi connectivity index (χ3v) is 5.22. The molecule has 1 aliphatic rings. The molecule has 2 amide bonds. The van der Waals surface area contributed by atoms with Gasteiger partial charge in [0.15, 0.2) is 0 Å². The van der Waals surface area contributed by atoms with E-state index in [4.69, 9.17) is 11.6 Å². The van der Waals surface area contributed by atoms with Crippen molar-refractivity contribution in [3.63, 3.8) is 0 Å². The molecule has 2 N–H and O–H groups in total. The molecule has 1 aromatic heterocycles. The van der Waals surface area contributed by atoms with E-state index in [0.29, 0.717) is 36.9 Å². The molecule has 2 aromatic carbocycles. The van der Waals surface area contributed by atoms with Gasteiger partial charge in [0.05, 0.1) is 12.2 Å². The predicted molar refractivity (Wildman–Crippen MR) is 111 cm³/mol. The molecule has 29 heavy (non-hydrogen) atoms. The summed E-state index contributed by atoms with van der Waals surface area (Å²) >= 11 is 5.85. The summed E-state index contributed by atoms with van der Waals surface area (Å²) in [5.41, 5.74) is 1.56. The molecule has 0 atom stereocenters. The van der Waals surface area contributed by atoms with Gasteiger partial charge in [0.2, 0.25) is 5.91 Å². The van der Waals surface area contributed by atoms with Crippen LogP contribution in [0, 0.1) is 5.82 Å². The third kappa shape index (κ3) is 4.41. The number of aromatic amines is 1. The maximum absolute atomic E-state index is 13.8. The number of piperazine rings is 1. The van der Waals surface area contributed by atoms with Crippen LogP contribution in [0.5, 0.6) is 0 Å². The first-order valence-electron chi connectivity index (χ1n) is 9.34. The van der Waals surface area contributed by atoms with Crippen LogP contribution < -0.4 is 5.32 Å². The molecular formula is C21H20ClFN4O2. The fourth-order valence-corrected chi connectivity index (χ4v) is 3.63. The van der Waals surface area contributed by atoms with Crippen LogP contribution in [-0.2, 0) is 4.79 Å². The Kier molecular flexibility index (Phi) is 5.51. The van der Waals surface area contributed by atoms with Gasteiger partial charge in [-0.1, -0.05) is 29.8 Å². The van der Waals surface area contributed by atoms with Gasteiger partial charge in [0.25, 0.3) is 5.91 Å². The molecule has 1 fully saturated rings. The van der Waals surface area contributed by atoms with Gasteiger partial charge in [-0.3, -0.25) is 14.5 Å². The molecule has 6 nitrogen and oxygen atoms in total. The van der Waals surface area contributed by atoms with Crippen LogP contribution in [0.2, 0.25) is 5.02 Å². The summed E-state index contributed by atoms with van der Waals surface area (Å²) in [4.78, 5) is 31.9. The molecule has 8 heteroatoms. The number of fused-ring (bicyclic) bond motifs is 1. The van der Waals surface area contributed by atoms with Crippen molar-refractivity contribution in [2.75, 3.05) is 38.0 Å². The normalized spacial score (nSPS) is 14.9. The number of amides is 2. The number of hydrogen-bond acceptors (Lipinski definition) is 3. The zero-order valence-corrected chi connectivity index (χ0v) is 16.4. The van der Waals surface area contributed by atoms with Gasteiger partial charge in [-0.05, 0) is 30.3 Å². The molecule has 150 valence electrons. The lowest BCUT2D eigenvalue weighted by atomic mass is 10.2. The minimum atomic E-state index is -0.531. The lowest BCUT2D eigenvalue weighted by Crippen LogP contribution is -2.50. The highest BCUT2D eigenvalue weighted by Crippen LogP contribution is 2.20. The first-order chi connectivity index (χ1) is 14.0. The van der Waals surface area contributed by atoms with Crippen LogP contribution in [0.15, 0.2) is 48.5 Å². The van der Waals surface area contributed by atoms with Gasteiger partial charge < -0.3 is 15.2 Å². The number of carbonyl (C=O) groups excluding carboxylic acids is 2. The molecule has 3 aromatic rings. The van der Waals surface area contributed by atoms with Crippen molar-refractivity contribution in [3.8, 4) is 0 Å². The first kappa shape index (κ1) is 19.4. The summed E-state index contributed by atoms with van der Waals surface area (Å²) in [7, 11) is 0. The SMILES string of the molecule is O=C(CN1CCN(C(=O)c2cc3ccccc3[nH]2)CC1)Nc1cc(Cl)ccc1F. The summed E-state index contributed by atoms with van der Waals surface area (Å²) in [5.74, 6) is -0.899. The minimum absolute atomic E-state index is 0.0497. The second kappa shape index (κ2) is 8.23. The zero-order valence-electron chi connectivity index (χ0n) is 15.6. The minimum Gasteiger partial charge on any atom is -0.351 e. The smallest absolute Gasteiger partial charge is 0.270 e. The van der Waals surface area contributed by atoms with Crippen LogP contribution in [0.3, 0.4) is 0 Å². The van der Waals surface area contributed by atoms with E-state index in [1.165, 1.54) is 18.2 Å². The van der Waals surface area contributed by atoms with Crippen LogP contribution in [0.1, 0.15) is 10.5 Å². The lowest BCUT2D eigenvalue weighted by molar-refractivity contribution is -0.117. The number of para-hydroxylation sites is 1. The number of hydrogen-bond donors (Lipinski definition) is 2. The lowest BCUT2D eigenvalue weighted by Gasteiger charge is -2.34. The molecule has 4 rings (SSSR count). The second-order valence-corrected chi connectivity index (χ2v) is 7.45. The van der Waals surface area contributed by atoms with Crippen molar-refractivity contribution < 1.29 is 14.0 Å². The molecule has 0 radical (unpaired) electrons. The monoisotopic (exact) mass is 414 g/mol. The molecule has 1 saturated heterocycles. The standard InChI is InChI=1S/C21H20ClFN4O2/c22-15-5-6-16(23)18(12-15)25-20(28)13-26-7-9-27(10-8-26)21(29)19-11-14-3-1-2-4-17(14)24-19/h1-6,11-12,24H,7-10,13H2,(H,25,28). The van der Waals surface area contributed by atoms with Crippen molar-refractivity contribution in [1.82, 2.24) is 14.8 Å². The number of nitrogens with one attached hydrogen (secondary N) is 2. The fraction of sp³-hybridized carbons (Fsp3) is 0.238. The highest BCUT2D eigenvalue weighted by molar-refractivity contribution is 6.30. The number of carbonyl (C=O) groups is 2. The summed E-state index contributed by atoms with van der Waals surface area (Å²) < 4.78 is 13.8. The third-order valence-electron chi connectivity index (χ3n) is 4.99. The quantitative estimate of drug-likeness (QED) is 0.688. The Morgan fingerprint density at radius 2 is 1.83 bits per heavy atom. The fourth-order valence-electron chi connectivity index (χ4n) is 3.45. The van der Waals surface area contributed by atoms with E-state index in [9.17, 15) is 14.0 Å². The molecule has 0 unspecified atom stereocenters. The summed E-state index contributed by atoms with van der Waals surface area (Å²) in [5, 5.41) is 3.90. The Morgan fingerprint density at radius 1 is 1.07 bits per heavy atom. The van der Waals surface area contributed by atoms with Gasteiger partial charge >= 0.3 is 0 Å². The molecule has 2 heterocycles. The van der Waals surface area contributed by atoms with Crippen LogP contribution in [-0.4, -0.2) is 59.3 Å². The first-order valence-corrected chi connectivity index (χ1v) is 9.72. The van der Waals surface area contributed by atoms with Gasteiger partial charge in [-0.25, -0.2) is 4.39 Å². The predicted octanol–water partition coefficient (Wildman–Crippen LogP) is 3.36. The maximum atomic E-state index is 13.8. The Morgan fingerprint density at radius 3 is 2.59 bits per heavy atom. The number of aromatic nitrogens is 1. The topological polar surface area (TPSA) is 68.4 Å². The number of rotatable bonds is 4. The second-order valence-electron chi connectivity index (χ2n) is 7.01. The van der Waals surface area contributed by atoms with Crippen LogP contribution in [0.4, 0.5) is 10.1 Å². The van der Waals surface area contributed by atoms with Crippen molar-refractivity contribution in [1.29, 1.82) is 0 Å². The zero-order chi connectivity index (χ0) is 20.4. The highest BCUT2D eigenvalue weighted by Gasteiger charge is 2.24. The average Bonchev–Trinajstić information content (AvgIpc) is 3.15. The van der Waals surface area contributed by atoms with Crippen molar-refractivity contribution in [3.05, 3.63) is 65.1 Å². The van der Waals surface area contributed by atoms with E-state index in [-0.39, 0.29) is 24.0 Å². The highest BCUT2D eigenvalue weighted by atomic mass is 35.5. The van der Waals surface area contributed by atoms with Crippen molar-refractivity contribution in [2.45, 2.75) is 0 Å². The number of anilines is 1. The van der Waals surface area contributed by atoms with Crippen LogP contribution in [0.25, 0.3) is 10.9 Å². The Balaban J connectivity index is 1.31. The number of H-pyrrole nitrogens is 1. The molecular weight excluding hydrogens is 395 g/mol. The summed E-state index contributed by atoms with van der Waals surface area (Å²) in [6, 6.07) is 13.6. The van der Waals surface area contributed by atoms with Gasteiger partial charge in [-0.2, -0.15) is 0 Å². The van der Waals surface area contributed by atoms with E-state index in [1.54, 1.807) is 4.90 Å². The van der Waals surface area contributed by atoms with Gasteiger partial charge in [0, 0.05) is 42.1 Å². The molecule has 0 spiro atoms. The molecule has 0 aliphatic carbocycles. The van der Waals surface area contributed by atoms with E-state index in [0.717, 1.165) is 10.9 Å². The molecule has 0 saturated carbocycles. The molecule has 0 bridgehead atoms.